The van der Waals surface area contributed by atoms with Crippen LogP contribution in [0, 0.1) is 6.92 Å². The van der Waals surface area contributed by atoms with Gasteiger partial charge in [0.1, 0.15) is 0 Å². The van der Waals surface area contributed by atoms with Gasteiger partial charge in [0, 0.05) is 0 Å². The Morgan fingerprint density at radius 1 is 0.882 bits per heavy atom. The molecule has 0 unspecified atom stereocenters. The first kappa shape index (κ1) is 14.4. The van der Waals surface area contributed by atoms with E-state index in [9.17, 15) is 14.4 Å². The van der Waals surface area contributed by atoms with Crippen molar-refractivity contribution in [3.8, 4) is 0 Å². The minimum Gasteiger partial charge on any atom is -0.211 e. The number of nitrogens with zero attached hydrogens (tertiary/aromatic N) is 3. The third kappa shape index (κ3) is 8.36. The summed E-state index contributed by atoms with van der Waals surface area (Å²) in [5.41, 5.74) is 1.32. The molecular weight excluding hydrogens is 222 g/mol. The molecule has 0 fully saturated rings. The lowest BCUT2D eigenvalue weighted by molar-refractivity contribution is 0.545. The van der Waals surface area contributed by atoms with Crippen LogP contribution >= 0.6 is 0 Å². The molecule has 0 amide bonds. The van der Waals surface area contributed by atoms with Crippen molar-refractivity contribution in [1.82, 2.24) is 0 Å². The second-order valence-corrected chi connectivity index (χ2v) is 2.66. The van der Waals surface area contributed by atoms with Gasteiger partial charge in [-0.1, -0.05) is 35.9 Å². The lowest BCUT2D eigenvalue weighted by Gasteiger charge is -1.85. The predicted molar refractivity (Wildman–Crippen MR) is 59.3 cm³/mol. The molecule has 0 saturated carbocycles. The molecule has 1 aromatic rings. The molecule has 0 N–H and O–H groups in total. The molecule has 0 spiro atoms. The van der Waals surface area contributed by atoms with Gasteiger partial charge < -0.3 is 0 Å². The van der Waals surface area contributed by atoms with Gasteiger partial charge in [0.2, 0.25) is 18.2 Å². The Hall–Kier alpha value is -2.64. The first-order valence-electron chi connectivity index (χ1n) is 4.47. The van der Waals surface area contributed by atoms with Gasteiger partial charge in [0.15, 0.2) is 0 Å². The Labute approximate surface area is 97.4 Å². The summed E-state index contributed by atoms with van der Waals surface area (Å²) < 4.78 is 0. The van der Waals surface area contributed by atoms with Crippen molar-refractivity contribution < 1.29 is 14.4 Å². The Bertz CT molecular complexity index is 425. The molecular formula is C11H9N3O3. The summed E-state index contributed by atoms with van der Waals surface area (Å²) in [5.74, 6) is 0. The van der Waals surface area contributed by atoms with E-state index in [4.69, 9.17) is 0 Å². The van der Waals surface area contributed by atoms with Gasteiger partial charge in [0.05, 0.1) is 0 Å². The first-order chi connectivity index (χ1) is 8.24. The van der Waals surface area contributed by atoms with E-state index in [1.807, 2.05) is 18.2 Å². The Morgan fingerprint density at radius 2 is 1.29 bits per heavy atom. The molecule has 1 aromatic carbocycles. The van der Waals surface area contributed by atoms with Crippen LogP contribution in [0.5, 0.6) is 0 Å². The molecule has 0 saturated heterocycles. The maximum Gasteiger partial charge on any atom is 0.267 e. The number of rotatable bonds is 3. The number of carbonyl (C=O) groups excluding carboxylic acids is 3. The van der Waals surface area contributed by atoms with Crippen LogP contribution in [0.25, 0.3) is 0 Å². The molecule has 0 bridgehead atoms. The van der Waals surface area contributed by atoms with Gasteiger partial charge in [0.25, 0.3) is 6.29 Å². The smallest absolute Gasteiger partial charge is 0.211 e. The summed E-state index contributed by atoms with van der Waals surface area (Å²) in [6, 6.07) is 10.3. The van der Waals surface area contributed by atoms with Crippen molar-refractivity contribution in [2.75, 3.05) is 0 Å². The number of aryl methyl sites for hydroxylation is 1. The second kappa shape index (κ2) is 9.90. The van der Waals surface area contributed by atoms with Gasteiger partial charge in [-0.2, -0.15) is 15.0 Å². The van der Waals surface area contributed by atoms with Crippen LogP contribution in [-0.2, 0) is 14.4 Å². The number of isocyanates is 3. The maximum atomic E-state index is 9.49. The summed E-state index contributed by atoms with van der Waals surface area (Å²) >= 11 is 0. The molecule has 0 aromatic heterocycles. The highest BCUT2D eigenvalue weighted by atomic mass is 16.1. The van der Waals surface area contributed by atoms with Crippen molar-refractivity contribution in [2.45, 2.75) is 13.2 Å². The molecule has 6 heteroatoms. The average Bonchev–Trinajstić information content (AvgIpc) is 2.32. The van der Waals surface area contributed by atoms with Crippen molar-refractivity contribution in [3.05, 3.63) is 35.9 Å². The zero-order chi connectivity index (χ0) is 12.9. The Balaban J connectivity index is 0.000000318. The zero-order valence-electron chi connectivity index (χ0n) is 9.03. The number of hydrogen-bond donors (Lipinski definition) is 0. The minimum absolute atomic E-state index is 1.07. The summed E-state index contributed by atoms with van der Waals surface area (Å²) in [5, 5.41) is 0. The highest BCUT2D eigenvalue weighted by Gasteiger charge is 1.96. The molecule has 0 aliphatic heterocycles. The summed E-state index contributed by atoms with van der Waals surface area (Å²) in [6.45, 7) is 2.08. The third-order valence-corrected chi connectivity index (χ3v) is 1.44. The standard InChI is InChI=1S/C7H8.C4HN3O3/c1-7-5-3-2-4-6-7;8-1-5-4(6-2-9)7-3-10/h2-6H,1H3;4H. The molecule has 0 heterocycles. The molecule has 0 aliphatic rings. The molecule has 0 atom stereocenters. The van der Waals surface area contributed by atoms with Crippen molar-refractivity contribution in [2.24, 2.45) is 15.0 Å². The van der Waals surface area contributed by atoms with Gasteiger partial charge >= 0.3 is 0 Å². The van der Waals surface area contributed by atoms with Crippen LogP contribution < -0.4 is 0 Å². The molecule has 6 nitrogen and oxygen atoms in total. The van der Waals surface area contributed by atoms with Crippen LogP contribution in [0.2, 0.25) is 0 Å². The third-order valence-electron chi connectivity index (χ3n) is 1.44. The molecule has 17 heavy (non-hydrogen) atoms. The highest BCUT2D eigenvalue weighted by molar-refractivity contribution is 5.39. The van der Waals surface area contributed by atoms with Gasteiger partial charge in [-0.25, -0.2) is 14.4 Å². The van der Waals surface area contributed by atoms with Crippen LogP contribution in [-0.4, -0.2) is 24.5 Å². The monoisotopic (exact) mass is 231 g/mol. The lowest BCUT2D eigenvalue weighted by atomic mass is 10.2. The van der Waals surface area contributed by atoms with Crippen molar-refractivity contribution in [3.63, 3.8) is 0 Å². The number of benzene rings is 1. The normalized spacial score (nSPS) is 9.24. The quantitative estimate of drug-likeness (QED) is 0.579. The van der Waals surface area contributed by atoms with Crippen molar-refractivity contribution in [1.29, 1.82) is 0 Å². The van der Waals surface area contributed by atoms with E-state index >= 15 is 0 Å². The summed E-state index contributed by atoms with van der Waals surface area (Å²) in [4.78, 5) is 37.0. The van der Waals surface area contributed by atoms with Crippen LogP contribution in [0.15, 0.2) is 45.3 Å². The van der Waals surface area contributed by atoms with Gasteiger partial charge in [-0.3, -0.25) is 0 Å². The van der Waals surface area contributed by atoms with E-state index in [1.165, 1.54) is 5.56 Å². The highest BCUT2D eigenvalue weighted by Crippen LogP contribution is 1.92. The van der Waals surface area contributed by atoms with Gasteiger partial charge in [-0.15, -0.1) is 0 Å². The zero-order valence-corrected chi connectivity index (χ0v) is 9.03. The fraction of sp³-hybridized carbons (Fsp3) is 0.182. The predicted octanol–water partition coefficient (Wildman–Crippen LogP) is 1.27. The van der Waals surface area contributed by atoms with E-state index < -0.39 is 6.29 Å². The maximum absolute atomic E-state index is 9.49. The average molecular weight is 231 g/mol. The van der Waals surface area contributed by atoms with E-state index in [1.54, 1.807) is 0 Å². The Morgan fingerprint density at radius 3 is 1.53 bits per heavy atom. The van der Waals surface area contributed by atoms with Crippen LogP contribution in [0.1, 0.15) is 5.56 Å². The first-order valence-corrected chi connectivity index (χ1v) is 4.47. The van der Waals surface area contributed by atoms with Crippen LogP contribution in [0.3, 0.4) is 0 Å². The van der Waals surface area contributed by atoms with E-state index in [0.29, 0.717) is 0 Å². The van der Waals surface area contributed by atoms with E-state index in [0.717, 1.165) is 18.2 Å². The second-order valence-electron chi connectivity index (χ2n) is 2.66. The molecule has 0 radical (unpaired) electrons. The topological polar surface area (TPSA) is 88.3 Å². The minimum atomic E-state index is -1.37. The number of aliphatic imine (C=N–C) groups is 3. The summed E-state index contributed by atoms with van der Waals surface area (Å²) in [7, 11) is 0. The van der Waals surface area contributed by atoms with E-state index in [-0.39, 0.29) is 0 Å². The summed E-state index contributed by atoms with van der Waals surface area (Å²) in [6.07, 6.45) is 1.83. The number of hydrogen-bond acceptors (Lipinski definition) is 6. The SMILES string of the molecule is Cc1ccccc1.O=C=NC(N=C=O)N=C=O. The molecule has 86 valence electrons. The fourth-order valence-corrected chi connectivity index (χ4v) is 0.762. The fourth-order valence-electron chi connectivity index (χ4n) is 0.762. The Kier molecular flexibility index (Phi) is 8.36. The van der Waals surface area contributed by atoms with Gasteiger partial charge in [-0.05, 0) is 6.92 Å². The molecule has 1 rings (SSSR count). The van der Waals surface area contributed by atoms with Crippen molar-refractivity contribution >= 4 is 18.2 Å². The van der Waals surface area contributed by atoms with E-state index in [2.05, 4.69) is 34.0 Å². The lowest BCUT2D eigenvalue weighted by Crippen LogP contribution is -1.92. The molecule has 0 aliphatic carbocycles. The van der Waals surface area contributed by atoms with Crippen LogP contribution in [0.4, 0.5) is 0 Å². The largest absolute Gasteiger partial charge is 0.267 e.